The van der Waals surface area contributed by atoms with Crippen molar-refractivity contribution in [2.24, 2.45) is 0 Å². The molecule has 0 bridgehead atoms. The van der Waals surface area contributed by atoms with E-state index in [1.54, 1.807) is 0 Å². The molecular formula is C25H23BCl3N2O2+. The minimum Gasteiger partial charge on any atom is -0.482 e. The molecule has 0 fully saturated rings. The smallest absolute Gasteiger partial charge is 0.482 e. The molecule has 4 nitrogen and oxygen atoms in total. The molecule has 0 aliphatic rings. The van der Waals surface area contributed by atoms with Gasteiger partial charge in [0.2, 0.25) is 11.6 Å². The van der Waals surface area contributed by atoms with E-state index in [0.29, 0.717) is 0 Å². The second-order valence-corrected chi connectivity index (χ2v) is 9.51. The molecule has 0 atom stereocenters. The van der Waals surface area contributed by atoms with Gasteiger partial charge in [-0.05, 0) is 19.1 Å². The molecule has 0 aromatic heterocycles. The minimum atomic E-state index is -1.94. The van der Waals surface area contributed by atoms with E-state index in [-0.39, 0.29) is 29.8 Å². The number of carbonyl (C=O) groups is 1. The first-order chi connectivity index (χ1) is 15.8. The molecule has 0 unspecified atom stereocenters. The molecule has 0 saturated heterocycles. The Hall–Kier alpha value is -2.73. The molecule has 2 N–H and O–H groups in total. The van der Waals surface area contributed by atoms with Crippen LogP contribution in [0.2, 0.25) is 0 Å². The second-order valence-electron chi connectivity index (χ2n) is 7.23. The Kier molecular flexibility index (Phi) is 8.62. The van der Waals surface area contributed by atoms with E-state index >= 15 is 0 Å². The number of ether oxygens (including phenoxy) is 1. The number of nitrogens with one attached hydrogen (secondary N) is 2. The van der Waals surface area contributed by atoms with E-state index < -0.39 is 3.79 Å². The van der Waals surface area contributed by atoms with Crippen molar-refractivity contribution < 1.29 is 14.4 Å². The number of hydrogen-bond acceptors (Lipinski definition) is 3. The fraction of sp³-hybridized carbons (Fsp3) is 0.120. The van der Waals surface area contributed by atoms with Crippen LogP contribution in [0.15, 0.2) is 102 Å². The standard InChI is InChI=1S/C25H22BCl3N2O2/c1-18(32)22(24(33-2)30-21-16-10-5-11-17-21)23(25(27,28)29)31-26(19-12-6-3-7-13-19)20-14-8-4-9-15-20/h3-17,30H,1-2H3/p+1/b24-22-,31-23+. The van der Waals surface area contributed by atoms with Crippen molar-refractivity contribution in [3.8, 4) is 0 Å². The Labute approximate surface area is 209 Å². The number of allylic oxidation sites excluding steroid dienone is 1. The molecule has 3 rings (SSSR count). The number of para-hydroxylation sites is 1. The predicted molar refractivity (Wildman–Crippen MR) is 139 cm³/mol. The quantitative estimate of drug-likeness (QED) is 0.164. The molecule has 0 spiro atoms. The normalized spacial score (nSPS) is 12.6. The topological polar surface area (TPSA) is 52.3 Å². The summed E-state index contributed by atoms with van der Waals surface area (Å²) in [5, 5.41) is 3.12. The number of methoxy groups -OCH3 is 1. The van der Waals surface area contributed by atoms with Gasteiger partial charge in [0.15, 0.2) is 5.78 Å². The highest BCUT2D eigenvalue weighted by molar-refractivity contribution is 6.81. The number of alkyl halides is 3. The van der Waals surface area contributed by atoms with Crippen LogP contribution in [0.5, 0.6) is 0 Å². The summed E-state index contributed by atoms with van der Waals surface area (Å²) in [5.41, 5.74) is 2.82. The molecule has 33 heavy (non-hydrogen) atoms. The Bertz CT molecular complexity index is 1090. The number of hydrogen-bond donors (Lipinski definition) is 2. The summed E-state index contributed by atoms with van der Waals surface area (Å²) in [6.07, 6.45) is 0. The Morgan fingerprint density at radius 2 is 1.30 bits per heavy atom. The molecule has 3 aromatic carbocycles. The first kappa shape index (κ1) is 24.9. The number of benzene rings is 3. The van der Waals surface area contributed by atoms with E-state index in [1.807, 2.05) is 91.0 Å². The van der Waals surface area contributed by atoms with Crippen LogP contribution in [0.25, 0.3) is 0 Å². The first-order valence-electron chi connectivity index (χ1n) is 10.2. The van der Waals surface area contributed by atoms with Crippen molar-refractivity contribution in [3.63, 3.8) is 0 Å². The summed E-state index contributed by atoms with van der Waals surface area (Å²) >= 11 is 19.3. The van der Waals surface area contributed by atoms with Gasteiger partial charge < -0.3 is 15.0 Å². The van der Waals surface area contributed by atoms with Crippen molar-refractivity contribution in [1.82, 2.24) is 0 Å². The minimum absolute atomic E-state index is 0.109. The molecule has 0 saturated carbocycles. The van der Waals surface area contributed by atoms with E-state index in [9.17, 15) is 4.79 Å². The Morgan fingerprint density at radius 1 is 0.848 bits per heavy atom. The van der Waals surface area contributed by atoms with Crippen molar-refractivity contribution in [2.45, 2.75) is 10.7 Å². The van der Waals surface area contributed by atoms with Crippen molar-refractivity contribution in [1.29, 1.82) is 0 Å². The molecule has 0 aliphatic carbocycles. The number of Topliss-reactive ketones (excluding diaryl/α,β-unsaturated/α-hetero) is 1. The average Bonchev–Trinajstić information content (AvgIpc) is 2.81. The first-order valence-corrected chi connectivity index (χ1v) is 11.4. The maximum atomic E-state index is 12.9. The number of carbonyl (C=O) groups excluding carboxylic acids is 1. The van der Waals surface area contributed by atoms with E-state index in [4.69, 9.17) is 39.5 Å². The highest BCUT2D eigenvalue weighted by Gasteiger charge is 2.43. The molecule has 3 aromatic rings. The van der Waals surface area contributed by atoms with Gasteiger partial charge >= 0.3 is 6.85 Å². The van der Waals surface area contributed by atoms with Crippen LogP contribution < -0.4 is 21.1 Å². The largest absolute Gasteiger partial charge is 0.552 e. The van der Waals surface area contributed by atoms with Gasteiger partial charge in [0.1, 0.15) is 5.57 Å². The summed E-state index contributed by atoms with van der Waals surface area (Å²) in [6, 6.07) is 28.8. The number of halogens is 3. The lowest BCUT2D eigenvalue weighted by atomic mass is 9.51. The third kappa shape index (κ3) is 6.64. The van der Waals surface area contributed by atoms with Crippen molar-refractivity contribution in [3.05, 3.63) is 102 Å². The second kappa shape index (κ2) is 11.4. The van der Waals surface area contributed by atoms with Crippen molar-refractivity contribution >= 4 is 69.8 Å². The highest BCUT2D eigenvalue weighted by Crippen LogP contribution is 2.31. The zero-order valence-corrected chi connectivity index (χ0v) is 20.5. The summed E-state index contributed by atoms with van der Waals surface area (Å²) in [7, 11) is 1.45. The summed E-state index contributed by atoms with van der Waals surface area (Å²) in [5.74, 6) is -0.161. The van der Waals surface area contributed by atoms with Crippen LogP contribution in [0.4, 0.5) is 5.69 Å². The fourth-order valence-electron chi connectivity index (χ4n) is 3.41. The van der Waals surface area contributed by atoms with Crippen LogP contribution in [0.3, 0.4) is 0 Å². The SMILES string of the molecule is CO/C(Nc1ccccc1)=C(C(C)=O)\C(=[NH+]/B(c1ccccc1)c1ccccc1)C(Cl)(Cl)Cl. The van der Waals surface area contributed by atoms with E-state index in [2.05, 4.69) is 10.2 Å². The van der Waals surface area contributed by atoms with Crippen LogP contribution in [-0.4, -0.2) is 29.2 Å². The van der Waals surface area contributed by atoms with Crippen LogP contribution in [0, 0.1) is 0 Å². The zero-order chi connectivity index (χ0) is 23.8. The number of ketones is 1. The van der Waals surface area contributed by atoms with Gasteiger partial charge in [0.05, 0.1) is 7.11 Å². The van der Waals surface area contributed by atoms with Gasteiger partial charge in [-0.15, -0.1) is 0 Å². The van der Waals surface area contributed by atoms with Gasteiger partial charge in [-0.25, -0.2) is 0 Å². The Balaban J connectivity index is 2.23. The van der Waals surface area contributed by atoms with Gasteiger partial charge in [-0.1, -0.05) is 114 Å². The molecule has 8 heteroatoms. The lowest BCUT2D eigenvalue weighted by molar-refractivity contribution is -0.289. The number of anilines is 1. The lowest BCUT2D eigenvalue weighted by Gasteiger charge is -2.18. The van der Waals surface area contributed by atoms with Crippen LogP contribution in [-0.2, 0) is 9.53 Å². The molecule has 0 radical (unpaired) electrons. The molecule has 0 heterocycles. The molecule has 0 amide bonds. The van der Waals surface area contributed by atoms with Gasteiger partial charge in [-0.2, -0.15) is 0 Å². The van der Waals surface area contributed by atoms with Gasteiger partial charge in [0, 0.05) is 16.6 Å². The molecular weight excluding hydrogens is 477 g/mol. The summed E-state index contributed by atoms with van der Waals surface area (Å²) < 4.78 is 3.62. The summed E-state index contributed by atoms with van der Waals surface area (Å²) in [6.45, 7) is 1.02. The van der Waals surface area contributed by atoms with Gasteiger partial charge in [0.25, 0.3) is 3.79 Å². The average molecular weight is 501 g/mol. The maximum Gasteiger partial charge on any atom is 0.552 e. The molecule has 0 aliphatic heterocycles. The lowest BCUT2D eigenvalue weighted by Crippen LogP contribution is -2.92. The monoisotopic (exact) mass is 499 g/mol. The maximum absolute atomic E-state index is 12.9. The van der Waals surface area contributed by atoms with E-state index in [1.165, 1.54) is 14.0 Å². The highest BCUT2D eigenvalue weighted by atomic mass is 35.6. The third-order valence-electron chi connectivity index (χ3n) is 4.90. The zero-order valence-electron chi connectivity index (χ0n) is 18.2. The molecule has 168 valence electrons. The fourth-order valence-corrected chi connectivity index (χ4v) is 3.85. The summed E-state index contributed by atoms with van der Waals surface area (Å²) in [4.78, 5) is 16.2. The third-order valence-corrected chi connectivity index (χ3v) is 5.47. The van der Waals surface area contributed by atoms with Crippen molar-refractivity contribution in [2.75, 3.05) is 12.4 Å². The van der Waals surface area contributed by atoms with Crippen LogP contribution in [0.1, 0.15) is 6.92 Å². The van der Waals surface area contributed by atoms with Gasteiger partial charge in [-0.3, -0.25) is 4.79 Å². The van der Waals surface area contributed by atoms with Crippen LogP contribution >= 0.6 is 34.8 Å². The number of rotatable bonds is 8. The van der Waals surface area contributed by atoms with E-state index in [0.717, 1.165) is 16.6 Å². The predicted octanol–water partition coefficient (Wildman–Crippen LogP) is 3.24. The Morgan fingerprint density at radius 3 is 1.70 bits per heavy atom.